The molecular formula is C5H6N6. The molecule has 0 aromatic carbocycles. The summed E-state index contributed by atoms with van der Waals surface area (Å²) in [6.07, 6.45) is 1.51. The third-order valence-electron chi connectivity index (χ3n) is 1.04. The van der Waals surface area contributed by atoms with Gasteiger partial charge in [0.1, 0.15) is 0 Å². The molecule has 0 saturated heterocycles. The van der Waals surface area contributed by atoms with E-state index in [1.165, 1.54) is 6.20 Å². The highest BCUT2D eigenvalue weighted by Gasteiger charge is 1.97. The van der Waals surface area contributed by atoms with Crippen LogP contribution >= 0.6 is 0 Å². The van der Waals surface area contributed by atoms with Crippen molar-refractivity contribution >= 4 is 11.6 Å². The first-order valence-corrected chi connectivity index (χ1v) is 2.88. The molecule has 0 spiro atoms. The first-order valence-electron chi connectivity index (χ1n) is 2.88. The standard InChI is InChI=1S/C5H6N6/c1-3-2-8-4(6)5(9-3)10-11-7/h2H,1H3,(H2,6,8). The van der Waals surface area contributed by atoms with Gasteiger partial charge in [-0.2, -0.15) is 0 Å². The number of hydrogen-bond acceptors (Lipinski definition) is 4. The topological polar surface area (TPSA) is 101 Å². The molecule has 0 atom stereocenters. The number of hydrogen-bond donors (Lipinski definition) is 1. The molecule has 0 unspecified atom stereocenters. The first-order chi connectivity index (χ1) is 5.24. The van der Waals surface area contributed by atoms with Gasteiger partial charge in [0.2, 0.25) is 0 Å². The van der Waals surface area contributed by atoms with E-state index in [9.17, 15) is 0 Å². The van der Waals surface area contributed by atoms with Gasteiger partial charge in [0.15, 0.2) is 11.6 Å². The minimum atomic E-state index is 0.132. The SMILES string of the molecule is Cc1cnc(N)c(N=[N+]=[N-])n1. The van der Waals surface area contributed by atoms with Crippen LogP contribution in [0.4, 0.5) is 11.6 Å². The lowest BCUT2D eigenvalue weighted by molar-refractivity contribution is 1.11. The predicted octanol–water partition coefficient (Wildman–Crippen LogP) is 1.31. The Morgan fingerprint density at radius 1 is 1.73 bits per heavy atom. The number of nitrogens with two attached hydrogens (primary N) is 1. The second-order valence-electron chi connectivity index (χ2n) is 1.91. The van der Waals surface area contributed by atoms with E-state index >= 15 is 0 Å². The Balaban J connectivity index is 3.22. The van der Waals surface area contributed by atoms with Crippen LogP contribution in [0, 0.1) is 6.92 Å². The fraction of sp³-hybridized carbons (Fsp3) is 0.200. The van der Waals surface area contributed by atoms with E-state index < -0.39 is 0 Å². The molecule has 6 nitrogen and oxygen atoms in total. The number of nitrogen functional groups attached to an aromatic ring is 1. The zero-order valence-electron chi connectivity index (χ0n) is 5.89. The molecule has 2 N–H and O–H groups in total. The maximum absolute atomic E-state index is 8.07. The first kappa shape index (κ1) is 7.30. The molecule has 0 aliphatic carbocycles. The molecule has 1 aromatic rings. The van der Waals surface area contributed by atoms with Gasteiger partial charge in [-0.3, -0.25) is 0 Å². The Kier molecular flexibility index (Phi) is 1.89. The number of aromatic nitrogens is 2. The average molecular weight is 150 g/mol. The predicted molar refractivity (Wildman–Crippen MR) is 40.0 cm³/mol. The highest BCUT2D eigenvalue weighted by atomic mass is 15.2. The van der Waals surface area contributed by atoms with Crippen LogP contribution in [0.5, 0.6) is 0 Å². The maximum Gasteiger partial charge on any atom is 0.169 e. The number of aryl methyl sites for hydroxylation is 1. The molecule has 0 fully saturated rings. The van der Waals surface area contributed by atoms with E-state index in [4.69, 9.17) is 11.3 Å². The lowest BCUT2D eigenvalue weighted by atomic mass is 10.5. The van der Waals surface area contributed by atoms with E-state index in [0.717, 1.165) is 0 Å². The largest absolute Gasteiger partial charge is 0.382 e. The van der Waals surface area contributed by atoms with Gasteiger partial charge in [0.25, 0.3) is 0 Å². The van der Waals surface area contributed by atoms with Crippen LogP contribution < -0.4 is 5.73 Å². The zero-order valence-corrected chi connectivity index (χ0v) is 5.89. The third-order valence-corrected chi connectivity index (χ3v) is 1.04. The van der Waals surface area contributed by atoms with Crippen LogP contribution in [-0.2, 0) is 0 Å². The molecule has 0 aliphatic rings. The summed E-state index contributed by atoms with van der Waals surface area (Å²) in [4.78, 5) is 10.2. The molecule has 0 saturated carbocycles. The van der Waals surface area contributed by atoms with Crippen molar-refractivity contribution in [3.63, 3.8) is 0 Å². The van der Waals surface area contributed by atoms with Crippen LogP contribution in [0.1, 0.15) is 5.69 Å². The van der Waals surface area contributed by atoms with Crippen molar-refractivity contribution in [1.82, 2.24) is 9.97 Å². The van der Waals surface area contributed by atoms with Gasteiger partial charge in [-0.15, -0.1) is 0 Å². The summed E-state index contributed by atoms with van der Waals surface area (Å²) < 4.78 is 0. The van der Waals surface area contributed by atoms with Gasteiger partial charge in [0, 0.05) is 4.91 Å². The van der Waals surface area contributed by atoms with Crippen LogP contribution in [0.3, 0.4) is 0 Å². The fourth-order valence-electron chi connectivity index (χ4n) is 0.590. The molecular weight excluding hydrogens is 144 g/mol. The average Bonchev–Trinajstić information content (AvgIpc) is 1.98. The number of nitrogens with zero attached hydrogens (tertiary/aromatic N) is 5. The van der Waals surface area contributed by atoms with Crippen molar-refractivity contribution in [2.75, 3.05) is 5.73 Å². The van der Waals surface area contributed by atoms with Gasteiger partial charge >= 0.3 is 0 Å². The summed E-state index contributed by atoms with van der Waals surface area (Å²) in [7, 11) is 0. The normalized spacial score (nSPS) is 8.82. The van der Waals surface area contributed by atoms with Gasteiger partial charge in [-0.05, 0) is 17.6 Å². The molecule has 1 rings (SSSR count). The summed E-state index contributed by atoms with van der Waals surface area (Å²) in [5.74, 6) is 0.279. The van der Waals surface area contributed by atoms with Gasteiger partial charge in [-0.25, -0.2) is 9.97 Å². The van der Waals surface area contributed by atoms with Gasteiger partial charge < -0.3 is 5.73 Å². The summed E-state index contributed by atoms with van der Waals surface area (Å²) in [6.45, 7) is 1.74. The summed E-state index contributed by atoms with van der Waals surface area (Å²) in [5.41, 5.74) is 14.1. The van der Waals surface area contributed by atoms with Crippen LogP contribution in [0.25, 0.3) is 10.4 Å². The van der Waals surface area contributed by atoms with Crippen molar-refractivity contribution in [2.45, 2.75) is 6.92 Å². The van der Waals surface area contributed by atoms with Gasteiger partial charge in [0.05, 0.1) is 11.9 Å². The molecule has 0 aliphatic heterocycles. The highest BCUT2D eigenvalue weighted by Crippen LogP contribution is 2.15. The van der Waals surface area contributed by atoms with Crippen molar-refractivity contribution in [3.05, 3.63) is 22.3 Å². The Bertz CT molecular complexity index is 313. The quantitative estimate of drug-likeness (QED) is 0.371. The zero-order chi connectivity index (χ0) is 8.27. The molecule has 1 aromatic heterocycles. The fourth-order valence-corrected chi connectivity index (χ4v) is 0.590. The lowest BCUT2D eigenvalue weighted by Crippen LogP contribution is -1.93. The Morgan fingerprint density at radius 3 is 3.09 bits per heavy atom. The van der Waals surface area contributed by atoms with E-state index in [2.05, 4.69) is 20.0 Å². The molecule has 0 amide bonds. The van der Waals surface area contributed by atoms with Crippen molar-refractivity contribution < 1.29 is 0 Å². The third kappa shape index (κ3) is 1.56. The van der Waals surface area contributed by atoms with Crippen molar-refractivity contribution in [1.29, 1.82) is 0 Å². The summed E-state index contributed by atoms with van der Waals surface area (Å²) in [6, 6.07) is 0. The van der Waals surface area contributed by atoms with E-state index in [1.807, 2.05) is 0 Å². The minimum Gasteiger partial charge on any atom is -0.382 e. The van der Waals surface area contributed by atoms with E-state index in [1.54, 1.807) is 6.92 Å². The molecule has 11 heavy (non-hydrogen) atoms. The summed E-state index contributed by atoms with van der Waals surface area (Å²) in [5, 5.41) is 3.25. The second kappa shape index (κ2) is 2.85. The maximum atomic E-state index is 8.07. The highest BCUT2D eigenvalue weighted by molar-refractivity contribution is 5.50. The van der Waals surface area contributed by atoms with Crippen molar-refractivity contribution in [2.24, 2.45) is 5.11 Å². The molecule has 56 valence electrons. The number of azide groups is 1. The molecule has 0 bridgehead atoms. The Morgan fingerprint density at radius 2 is 2.45 bits per heavy atom. The van der Waals surface area contributed by atoms with Crippen LogP contribution in [-0.4, -0.2) is 9.97 Å². The smallest absolute Gasteiger partial charge is 0.169 e. The van der Waals surface area contributed by atoms with E-state index in [-0.39, 0.29) is 11.6 Å². The monoisotopic (exact) mass is 150 g/mol. The van der Waals surface area contributed by atoms with Crippen molar-refractivity contribution in [3.8, 4) is 0 Å². The second-order valence-corrected chi connectivity index (χ2v) is 1.91. The number of rotatable bonds is 1. The van der Waals surface area contributed by atoms with Gasteiger partial charge in [-0.1, -0.05) is 0 Å². The lowest BCUT2D eigenvalue weighted by Gasteiger charge is -1.96. The number of anilines is 1. The minimum absolute atomic E-state index is 0.132. The van der Waals surface area contributed by atoms with Crippen LogP contribution in [0.2, 0.25) is 0 Å². The summed E-state index contributed by atoms with van der Waals surface area (Å²) >= 11 is 0. The molecule has 6 heteroatoms. The molecule has 0 radical (unpaired) electrons. The molecule has 1 heterocycles. The Labute approximate surface area is 62.7 Å². The van der Waals surface area contributed by atoms with E-state index in [0.29, 0.717) is 5.69 Å². The van der Waals surface area contributed by atoms with Crippen LogP contribution in [0.15, 0.2) is 11.3 Å². The Hall–Kier alpha value is -1.81.